The molecule has 17 heavy (non-hydrogen) atoms. The fraction of sp³-hybridized carbons (Fsp3) is 0.0769. The second-order valence-corrected chi connectivity index (χ2v) is 5.24. The molecule has 0 aromatic heterocycles. The highest BCUT2D eigenvalue weighted by Gasteiger charge is 2.06. The van der Waals surface area contributed by atoms with E-state index in [4.69, 9.17) is 10.5 Å². The molecular weight excluding hydrogens is 346 g/mol. The molecule has 2 rings (SSSR count). The van der Waals surface area contributed by atoms with Gasteiger partial charge in [-0.05, 0) is 40.2 Å². The number of ether oxygens (including phenoxy) is 1. The molecule has 0 saturated heterocycles. The maximum absolute atomic E-state index is 5.90. The summed E-state index contributed by atoms with van der Waals surface area (Å²) in [6.45, 7) is 0.440. The van der Waals surface area contributed by atoms with Gasteiger partial charge in [0.1, 0.15) is 12.4 Å². The molecule has 0 heterocycles. The molecule has 0 spiro atoms. The van der Waals surface area contributed by atoms with Crippen molar-refractivity contribution in [3.8, 4) is 5.75 Å². The fourth-order valence-electron chi connectivity index (χ4n) is 1.44. The van der Waals surface area contributed by atoms with Gasteiger partial charge in [0.2, 0.25) is 0 Å². The van der Waals surface area contributed by atoms with Crippen LogP contribution in [-0.2, 0) is 6.61 Å². The smallest absolute Gasteiger partial charge is 0.133 e. The van der Waals surface area contributed by atoms with Crippen LogP contribution in [0.4, 0.5) is 5.69 Å². The molecule has 0 bridgehead atoms. The van der Waals surface area contributed by atoms with Crippen LogP contribution < -0.4 is 10.5 Å². The lowest BCUT2D eigenvalue weighted by atomic mass is 10.2. The molecule has 0 saturated carbocycles. The van der Waals surface area contributed by atoms with Gasteiger partial charge >= 0.3 is 0 Å². The van der Waals surface area contributed by atoms with Crippen molar-refractivity contribution in [2.75, 3.05) is 5.73 Å². The number of nitrogens with two attached hydrogens (primary N) is 1. The van der Waals surface area contributed by atoms with E-state index < -0.39 is 0 Å². The van der Waals surface area contributed by atoms with Crippen LogP contribution >= 0.6 is 31.9 Å². The highest BCUT2D eigenvalue weighted by atomic mass is 79.9. The summed E-state index contributed by atoms with van der Waals surface area (Å²) < 4.78 is 7.63. The van der Waals surface area contributed by atoms with E-state index in [2.05, 4.69) is 31.9 Å². The third-order valence-electron chi connectivity index (χ3n) is 2.36. The molecule has 0 fully saturated rings. The summed E-state index contributed by atoms with van der Waals surface area (Å²) in [6.07, 6.45) is 0. The van der Waals surface area contributed by atoms with Crippen LogP contribution in [0.1, 0.15) is 5.56 Å². The Balaban J connectivity index is 2.16. The van der Waals surface area contributed by atoms with Gasteiger partial charge in [0.25, 0.3) is 0 Å². The minimum atomic E-state index is 0.440. The van der Waals surface area contributed by atoms with Crippen molar-refractivity contribution in [2.24, 2.45) is 0 Å². The van der Waals surface area contributed by atoms with Crippen LogP contribution in [0.2, 0.25) is 0 Å². The first-order valence-electron chi connectivity index (χ1n) is 5.08. The van der Waals surface area contributed by atoms with Gasteiger partial charge in [0.15, 0.2) is 0 Å². The summed E-state index contributed by atoms with van der Waals surface area (Å²) in [5, 5.41) is 0. The molecule has 2 N–H and O–H groups in total. The third-order valence-corrected chi connectivity index (χ3v) is 3.76. The van der Waals surface area contributed by atoms with Crippen molar-refractivity contribution in [3.05, 3.63) is 57.0 Å². The van der Waals surface area contributed by atoms with E-state index in [-0.39, 0.29) is 0 Å². The van der Waals surface area contributed by atoms with Crippen LogP contribution in [0, 0.1) is 0 Å². The zero-order valence-corrected chi connectivity index (χ0v) is 12.2. The number of hydrogen-bond acceptors (Lipinski definition) is 2. The predicted octanol–water partition coefficient (Wildman–Crippen LogP) is 4.37. The largest absolute Gasteiger partial charge is 0.488 e. The van der Waals surface area contributed by atoms with Crippen LogP contribution in [0.25, 0.3) is 0 Å². The standard InChI is InChI=1S/C13H11Br2NO/c14-10-5-3-6-12(16)9(10)8-17-13-7-2-1-4-11(13)15/h1-7H,8,16H2. The van der Waals surface area contributed by atoms with E-state index >= 15 is 0 Å². The number of hydrogen-bond donors (Lipinski definition) is 1. The summed E-state index contributed by atoms with van der Waals surface area (Å²) in [5.74, 6) is 0.808. The number of nitrogen functional groups attached to an aromatic ring is 1. The van der Waals surface area contributed by atoms with Crippen molar-refractivity contribution in [2.45, 2.75) is 6.61 Å². The van der Waals surface area contributed by atoms with Gasteiger partial charge in [-0.25, -0.2) is 0 Å². The van der Waals surface area contributed by atoms with Gasteiger partial charge in [-0.2, -0.15) is 0 Å². The monoisotopic (exact) mass is 355 g/mol. The summed E-state index contributed by atoms with van der Waals surface area (Å²) in [7, 11) is 0. The van der Waals surface area contributed by atoms with E-state index in [1.165, 1.54) is 0 Å². The lowest BCUT2D eigenvalue weighted by Crippen LogP contribution is -2.01. The number of halogens is 2. The number of para-hydroxylation sites is 1. The summed E-state index contributed by atoms with van der Waals surface area (Å²) >= 11 is 6.91. The van der Waals surface area contributed by atoms with E-state index in [9.17, 15) is 0 Å². The average molecular weight is 357 g/mol. The van der Waals surface area contributed by atoms with E-state index in [0.717, 1.165) is 25.9 Å². The molecular formula is C13H11Br2NO. The highest BCUT2D eigenvalue weighted by Crippen LogP contribution is 2.28. The Morgan fingerprint density at radius 2 is 1.65 bits per heavy atom. The van der Waals surface area contributed by atoms with Gasteiger partial charge in [0.05, 0.1) is 4.47 Å². The van der Waals surface area contributed by atoms with Gasteiger partial charge in [0, 0.05) is 15.7 Å². The Morgan fingerprint density at radius 3 is 2.35 bits per heavy atom. The van der Waals surface area contributed by atoms with E-state index in [0.29, 0.717) is 6.61 Å². The van der Waals surface area contributed by atoms with Crippen molar-refractivity contribution in [3.63, 3.8) is 0 Å². The summed E-state index contributed by atoms with van der Waals surface area (Å²) in [6, 6.07) is 13.5. The van der Waals surface area contributed by atoms with Gasteiger partial charge in [-0.3, -0.25) is 0 Å². The van der Waals surface area contributed by atoms with Crippen molar-refractivity contribution in [1.29, 1.82) is 0 Å². The lowest BCUT2D eigenvalue weighted by molar-refractivity contribution is 0.304. The fourth-order valence-corrected chi connectivity index (χ4v) is 2.33. The molecule has 0 aliphatic carbocycles. The Kier molecular flexibility index (Phi) is 4.07. The van der Waals surface area contributed by atoms with Crippen molar-refractivity contribution >= 4 is 37.5 Å². The average Bonchev–Trinajstić information content (AvgIpc) is 2.30. The first-order valence-corrected chi connectivity index (χ1v) is 6.67. The SMILES string of the molecule is Nc1cccc(Br)c1COc1ccccc1Br. The topological polar surface area (TPSA) is 35.2 Å². The van der Waals surface area contributed by atoms with Crippen LogP contribution in [0.5, 0.6) is 5.75 Å². The number of anilines is 1. The molecule has 0 unspecified atom stereocenters. The first-order chi connectivity index (χ1) is 8.18. The second-order valence-electron chi connectivity index (χ2n) is 3.53. The minimum Gasteiger partial charge on any atom is -0.488 e. The van der Waals surface area contributed by atoms with Gasteiger partial charge in [-0.15, -0.1) is 0 Å². The Morgan fingerprint density at radius 1 is 0.941 bits per heavy atom. The van der Waals surface area contributed by atoms with Crippen LogP contribution in [0.15, 0.2) is 51.4 Å². The van der Waals surface area contributed by atoms with Gasteiger partial charge in [-0.1, -0.05) is 34.1 Å². The molecule has 2 aromatic rings. The molecule has 2 aromatic carbocycles. The predicted molar refractivity (Wildman–Crippen MR) is 77.0 cm³/mol. The number of benzene rings is 2. The van der Waals surface area contributed by atoms with E-state index in [1.54, 1.807) is 0 Å². The molecule has 2 nitrogen and oxygen atoms in total. The summed E-state index contributed by atoms with van der Waals surface area (Å²) in [5.41, 5.74) is 7.59. The first kappa shape index (κ1) is 12.5. The van der Waals surface area contributed by atoms with Crippen molar-refractivity contribution in [1.82, 2.24) is 0 Å². The molecule has 4 heteroatoms. The second kappa shape index (κ2) is 5.56. The molecule has 0 aliphatic heterocycles. The van der Waals surface area contributed by atoms with Gasteiger partial charge < -0.3 is 10.5 Å². The quantitative estimate of drug-likeness (QED) is 0.828. The van der Waals surface area contributed by atoms with Crippen LogP contribution in [-0.4, -0.2) is 0 Å². The molecule has 0 aliphatic rings. The lowest BCUT2D eigenvalue weighted by Gasteiger charge is -2.11. The molecule has 88 valence electrons. The maximum atomic E-state index is 5.90. The Labute approximate surface area is 117 Å². The van der Waals surface area contributed by atoms with Crippen molar-refractivity contribution < 1.29 is 4.74 Å². The molecule has 0 atom stereocenters. The normalized spacial score (nSPS) is 10.2. The summed E-state index contributed by atoms with van der Waals surface area (Å²) in [4.78, 5) is 0. The zero-order valence-electron chi connectivity index (χ0n) is 8.99. The zero-order chi connectivity index (χ0) is 12.3. The van der Waals surface area contributed by atoms with E-state index in [1.807, 2.05) is 42.5 Å². The Bertz CT molecular complexity index is 508. The Hall–Kier alpha value is -1.00. The maximum Gasteiger partial charge on any atom is 0.133 e. The molecule has 0 amide bonds. The van der Waals surface area contributed by atoms with Crippen LogP contribution in [0.3, 0.4) is 0 Å². The minimum absolute atomic E-state index is 0.440. The number of rotatable bonds is 3. The third kappa shape index (κ3) is 3.01. The highest BCUT2D eigenvalue weighted by molar-refractivity contribution is 9.10. The molecule has 0 radical (unpaired) electrons.